The molecule has 0 spiro atoms. The number of piperidine rings is 1. The van der Waals surface area contributed by atoms with Crippen molar-refractivity contribution in [2.75, 3.05) is 18.0 Å². The molecule has 1 saturated heterocycles. The lowest BCUT2D eigenvalue weighted by Crippen LogP contribution is -2.36. The molecule has 28 heavy (non-hydrogen) atoms. The highest BCUT2D eigenvalue weighted by molar-refractivity contribution is 5.77. The summed E-state index contributed by atoms with van der Waals surface area (Å²) in [6, 6.07) is 17.1. The molecule has 1 aliphatic rings. The Morgan fingerprint density at radius 3 is 2.21 bits per heavy atom. The second-order valence-corrected chi connectivity index (χ2v) is 7.58. The van der Waals surface area contributed by atoms with E-state index in [1.54, 1.807) is 0 Å². The Morgan fingerprint density at radius 2 is 1.50 bits per heavy atom. The summed E-state index contributed by atoms with van der Waals surface area (Å²) in [6.07, 6.45) is 3.16. The number of fused-ring (bicyclic) bond motifs is 2. The van der Waals surface area contributed by atoms with Crippen LogP contribution in [0.3, 0.4) is 0 Å². The summed E-state index contributed by atoms with van der Waals surface area (Å²) in [5.41, 5.74) is 5.33. The molecule has 0 bridgehead atoms. The van der Waals surface area contributed by atoms with Crippen molar-refractivity contribution >= 4 is 27.9 Å². The minimum atomic E-state index is 0.493. The van der Waals surface area contributed by atoms with Crippen LogP contribution in [0.4, 0.5) is 5.82 Å². The molecule has 0 radical (unpaired) electrons. The average Bonchev–Trinajstić information content (AvgIpc) is 3.12. The first kappa shape index (κ1) is 17.2. The smallest absolute Gasteiger partial charge is 0.150 e. The van der Waals surface area contributed by atoms with E-state index in [0.717, 1.165) is 60.4 Å². The van der Waals surface area contributed by atoms with Crippen molar-refractivity contribution < 1.29 is 0 Å². The Labute approximate surface area is 165 Å². The number of aryl methyl sites for hydroxylation is 2. The van der Waals surface area contributed by atoms with Crippen LogP contribution in [0, 0.1) is 6.92 Å². The second kappa shape index (κ2) is 6.89. The summed E-state index contributed by atoms with van der Waals surface area (Å²) in [5, 5.41) is 0. The summed E-state index contributed by atoms with van der Waals surface area (Å²) in [6.45, 7) is 6.25. The number of benzene rings is 2. The first-order valence-corrected chi connectivity index (χ1v) is 10.2. The molecule has 142 valence electrons. The van der Waals surface area contributed by atoms with Crippen LogP contribution in [0.15, 0.2) is 48.5 Å². The van der Waals surface area contributed by atoms with Gasteiger partial charge in [-0.3, -0.25) is 0 Å². The fraction of sp³-hybridized carbons (Fsp3) is 0.348. The third-order valence-corrected chi connectivity index (χ3v) is 5.83. The molecule has 1 fully saturated rings. The predicted octanol–water partition coefficient (Wildman–Crippen LogP) is 4.69. The van der Waals surface area contributed by atoms with Crippen molar-refractivity contribution in [3.63, 3.8) is 0 Å². The maximum Gasteiger partial charge on any atom is 0.150 e. The van der Waals surface area contributed by atoms with Crippen molar-refractivity contribution in [3.05, 3.63) is 60.0 Å². The fourth-order valence-electron chi connectivity index (χ4n) is 4.47. The standard InChI is InChI=1S/C23H25N5/c1-3-22-25-20-10-6-7-11-21(20)28(22)17-12-14-27(15-13-17)23-16(2)24-18-8-4-5-9-19(18)26-23/h4-11,17H,3,12-15H2,1-2H3. The van der Waals surface area contributed by atoms with Gasteiger partial charge in [0, 0.05) is 25.6 Å². The van der Waals surface area contributed by atoms with E-state index in [-0.39, 0.29) is 0 Å². The van der Waals surface area contributed by atoms with Gasteiger partial charge in [-0.15, -0.1) is 0 Å². The van der Waals surface area contributed by atoms with Crippen LogP contribution in [0.2, 0.25) is 0 Å². The number of anilines is 1. The Hall–Kier alpha value is -2.95. The Balaban J connectivity index is 1.42. The van der Waals surface area contributed by atoms with E-state index in [0.29, 0.717) is 6.04 Å². The largest absolute Gasteiger partial charge is 0.355 e. The molecule has 0 unspecified atom stereocenters. The number of para-hydroxylation sites is 4. The minimum absolute atomic E-state index is 0.493. The van der Waals surface area contributed by atoms with Crippen LogP contribution in [-0.2, 0) is 6.42 Å². The van der Waals surface area contributed by atoms with Gasteiger partial charge in [-0.1, -0.05) is 31.2 Å². The van der Waals surface area contributed by atoms with Gasteiger partial charge in [-0.05, 0) is 44.0 Å². The van der Waals surface area contributed by atoms with Crippen LogP contribution in [0.1, 0.15) is 37.3 Å². The Kier molecular flexibility index (Phi) is 4.23. The van der Waals surface area contributed by atoms with E-state index in [2.05, 4.69) is 47.6 Å². The zero-order valence-corrected chi connectivity index (χ0v) is 16.5. The van der Waals surface area contributed by atoms with E-state index in [1.807, 2.05) is 24.3 Å². The summed E-state index contributed by atoms with van der Waals surface area (Å²) >= 11 is 0. The molecule has 0 amide bonds. The van der Waals surface area contributed by atoms with Gasteiger partial charge < -0.3 is 9.47 Å². The quantitative estimate of drug-likeness (QED) is 0.524. The van der Waals surface area contributed by atoms with Gasteiger partial charge in [0.2, 0.25) is 0 Å². The molecule has 0 aliphatic carbocycles. The predicted molar refractivity (Wildman–Crippen MR) is 114 cm³/mol. The third-order valence-electron chi connectivity index (χ3n) is 5.83. The van der Waals surface area contributed by atoms with E-state index in [9.17, 15) is 0 Å². The highest BCUT2D eigenvalue weighted by atomic mass is 15.2. The topological polar surface area (TPSA) is 46.8 Å². The Morgan fingerprint density at radius 1 is 0.857 bits per heavy atom. The molecule has 3 heterocycles. The van der Waals surface area contributed by atoms with Gasteiger partial charge >= 0.3 is 0 Å². The molecule has 2 aromatic heterocycles. The lowest BCUT2D eigenvalue weighted by atomic mass is 10.0. The highest BCUT2D eigenvalue weighted by Crippen LogP contribution is 2.31. The maximum atomic E-state index is 4.91. The molecule has 4 aromatic rings. The van der Waals surface area contributed by atoms with Crippen molar-refractivity contribution in [1.29, 1.82) is 0 Å². The molecular weight excluding hydrogens is 346 g/mol. The van der Waals surface area contributed by atoms with E-state index >= 15 is 0 Å². The number of hydrogen-bond donors (Lipinski definition) is 0. The Bertz CT molecular complexity index is 1140. The van der Waals surface area contributed by atoms with Crippen LogP contribution in [0.25, 0.3) is 22.1 Å². The van der Waals surface area contributed by atoms with Gasteiger partial charge in [-0.25, -0.2) is 15.0 Å². The lowest BCUT2D eigenvalue weighted by Gasteiger charge is -2.34. The molecule has 0 atom stereocenters. The summed E-state index contributed by atoms with van der Waals surface area (Å²) in [7, 11) is 0. The monoisotopic (exact) mass is 371 g/mol. The van der Waals surface area contributed by atoms with Crippen molar-refractivity contribution in [1.82, 2.24) is 19.5 Å². The summed E-state index contributed by atoms with van der Waals surface area (Å²) < 4.78 is 2.48. The number of hydrogen-bond acceptors (Lipinski definition) is 4. The highest BCUT2D eigenvalue weighted by Gasteiger charge is 2.25. The number of aromatic nitrogens is 4. The first-order chi connectivity index (χ1) is 13.7. The van der Waals surface area contributed by atoms with Crippen LogP contribution in [0.5, 0.6) is 0 Å². The summed E-state index contributed by atoms with van der Waals surface area (Å²) in [4.78, 5) is 16.9. The van der Waals surface area contributed by atoms with E-state index in [1.165, 1.54) is 11.3 Å². The fourth-order valence-corrected chi connectivity index (χ4v) is 4.47. The van der Waals surface area contributed by atoms with E-state index in [4.69, 9.17) is 15.0 Å². The zero-order chi connectivity index (χ0) is 19.1. The van der Waals surface area contributed by atoms with Crippen molar-refractivity contribution in [3.8, 4) is 0 Å². The first-order valence-electron chi connectivity index (χ1n) is 10.2. The van der Waals surface area contributed by atoms with Crippen LogP contribution >= 0.6 is 0 Å². The van der Waals surface area contributed by atoms with Crippen LogP contribution < -0.4 is 4.90 Å². The van der Waals surface area contributed by atoms with Crippen molar-refractivity contribution in [2.24, 2.45) is 0 Å². The van der Waals surface area contributed by atoms with Crippen molar-refractivity contribution in [2.45, 2.75) is 39.2 Å². The molecule has 0 N–H and O–H groups in total. The molecule has 5 nitrogen and oxygen atoms in total. The number of rotatable bonds is 3. The molecule has 0 saturated carbocycles. The molecular formula is C23H25N5. The van der Waals surface area contributed by atoms with Gasteiger partial charge in [-0.2, -0.15) is 0 Å². The van der Waals surface area contributed by atoms with Crippen LogP contribution in [-0.4, -0.2) is 32.6 Å². The van der Waals surface area contributed by atoms with Gasteiger partial charge in [0.05, 0.1) is 27.8 Å². The lowest BCUT2D eigenvalue weighted by molar-refractivity contribution is 0.393. The van der Waals surface area contributed by atoms with E-state index < -0.39 is 0 Å². The number of imidazole rings is 1. The number of nitrogens with zero attached hydrogens (tertiary/aromatic N) is 5. The van der Waals surface area contributed by atoms with Gasteiger partial charge in [0.1, 0.15) is 5.82 Å². The summed E-state index contributed by atoms with van der Waals surface area (Å²) in [5.74, 6) is 2.23. The van der Waals surface area contributed by atoms with Gasteiger partial charge in [0.15, 0.2) is 5.82 Å². The third kappa shape index (κ3) is 2.82. The molecule has 5 heteroatoms. The SMILES string of the molecule is CCc1nc2ccccc2n1C1CCN(c2nc3ccccc3nc2C)CC1. The molecule has 5 rings (SSSR count). The molecule has 2 aromatic carbocycles. The molecule has 1 aliphatic heterocycles. The minimum Gasteiger partial charge on any atom is -0.355 e. The maximum absolute atomic E-state index is 4.91. The van der Waals surface area contributed by atoms with Gasteiger partial charge in [0.25, 0.3) is 0 Å². The zero-order valence-electron chi connectivity index (χ0n) is 16.5. The second-order valence-electron chi connectivity index (χ2n) is 7.58. The normalized spacial score (nSPS) is 15.6. The average molecular weight is 371 g/mol.